The van der Waals surface area contributed by atoms with Crippen molar-refractivity contribution >= 4 is 17.7 Å². The van der Waals surface area contributed by atoms with Gasteiger partial charge in [0.15, 0.2) is 5.78 Å². The minimum absolute atomic E-state index is 0.0549. The summed E-state index contributed by atoms with van der Waals surface area (Å²) in [6, 6.07) is 8.31. The van der Waals surface area contributed by atoms with Gasteiger partial charge < -0.3 is 24.6 Å². The van der Waals surface area contributed by atoms with Crippen molar-refractivity contribution in [2.75, 3.05) is 26.9 Å². The van der Waals surface area contributed by atoms with Crippen LogP contribution in [-0.2, 0) is 30.4 Å². The molecule has 0 radical (unpaired) electrons. The van der Waals surface area contributed by atoms with Crippen molar-refractivity contribution in [2.24, 2.45) is 68.0 Å². The summed E-state index contributed by atoms with van der Waals surface area (Å²) in [7, 11) is 1.68. The highest BCUT2D eigenvalue weighted by Gasteiger charge is 2.70. The number of carbonyl (C=O) groups is 3. The Balaban J connectivity index is 1.07. The van der Waals surface area contributed by atoms with Gasteiger partial charge in [0.2, 0.25) is 0 Å². The van der Waals surface area contributed by atoms with Gasteiger partial charge in [0.05, 0.1) is 18.4 Å². The minimum atomic E-state index is -0.817. The van der Waals surface area contributed by atoms with Crippen LogP contribution in [0.3, 0.4) is 0 Å². The fourth-order valence-corrected chi connectivity index (χ4v) is 14.7. The second kappa shape index (κ2) is 15.1. The van der Waals surface area contributed by atoms with Crippen LogP contribution in [0.4, 0.5) is 0 Å². The van der Waals surface area contributed by atoms with E-state index in [1.54, 1.807) is 12.7 Å². The SMILES string of the molecule is COCCOc1ccc(CNCC[C@@]23CC[C@]4(C)[C@H](CC[C@@H]5[C@@]6(C)CC[C@H](OC(=O)[C@H]7C[C@@H](C(=O)O)C7(C)C)C(C)(C)[C@@H]6CC[C@]54C)C2=C(C(C)C)C(=O)C3)cc1. The highest BCUT2D eigenvalue weighted by Crippen LogP contribution is 2.77. The number of benzene rings is 1. The molecule has 8 nitrogen and oxygen atoms in total. The van der Waals surface area contributed by atoms with Gasteiger partial charge in [-0.2, -0.15) is 0 Å². The summed E-state index contributed by atoms with van der Waals surface area (Å²) < 4.78 is 17.3. The number of hydrogen-bond acceptors (Lipinski definition) is 7. The molecule has 316 valence electrons. The number of ether oxygens (including phenoxy) is 3. The van der Waals surface area contributed by atoms with Gasteiger partial charge in [-0.25, -0.2) is 0 Å². The molecule has 0 unspecified atom stereocenters. The summed E-state index contributed by atoms with van der Waals surface area (Å²) in [5, 5.41) is 13.4. The Kier molecular flexibility index (Phi) is 11.2. The van der Waals surface area contributed by atoms with E-state index in [0.29, 0.717) is 49.6 Å². The molecule has 0 amide bonds. The predicted octanol–water partition coefficient (Wildman–Crippen LogP) is 9.83. The molecule has 5 fully saturated rings. The molecular weight excluding hydrogens is 715 g/mol. The monoisotopic (exact) mass is 788 g/mol. The lowest BCUT2D eigenvalue weighted by atomic mass is 9.33. The van der Waals surface area contributed by atoms with Crippen LogP contribution < -0.4 is 10.1 Å². The molecule has 6 aliphatic rings. The average Bonchev–Trinajstić information content (AvgIpc) is 3.44. The molecule has 57 heavy (non-hydrogen) atoms. The maximum atomic E-state index is 14.1. The zero-order valence-corrected chi connectivity index (χ0v) is 36.9. The van der Waals surface area contributed by atoms with Gasteiger partial charge in [-0.05, 0) is 139 Å². The first-order valence-electron chi connectivity index (χ1n) is 22.4. The number of esters is 1. The Hall–Kier alpha value is -2.71. The highest BCUT2D eigenvalue weighted by molar-refractivity contribution is 6.00. The first kappa shape index (κ1) is 42.4. The van der Waals surface area contributed by atoms with E-state index >= 15 is 0 Å². The summed E-state index contributed by atoms with van der Waals surface area (Å²) in [4.78, 5) is 39.5. The topological polar surface area (TPSA) is 111 Å². The molecule has 10 atom stereocenters. The van der Waals surface area contributed by atoms with Crippen molar-refractivity contribution in [2.45, 2.75) is 146 Å². The van der Waals surface area contributed by atoms with Crippen LogP contribution in [-0.4, -0.2) is 55.8 Å². The van der Waals surface area contributed by atoms with E-state index in [4.69, 9.17) is 14.2 Å². The lowest BCUT2D eigenvalue weighted by Crippen LogP contribution is -2.66. The van der Waals surface area contributed by atoms with Crippen molar-refractivity contribution in [3.63, 3.8) is 0 Å². The molecule has 0 aliphatic heterocycles. The average molecular weight is 788 g/mol. The van der Waals surface area contributed by atoms with Crippen LogP contribution in [0.5, 0.6) is 5.75 Å². The number of fused-ring (bicyclic) bond motifs is 7. The molecular formula is C49H73NO7. The molecule has 5 saturated carbocycles. The zero-order chi connectivity index (χ0) is 41.3. The van der Waals surface area contributed by atoms with Crippen molar-refractivity contribution in [1.29, 1.82) is 0 Å². The largest absolute Gasteiger partial charge is 0.491 e. The second-order valence-electron chi connectivity index (χ2n) is 21.7. The van der Waals surface area contributed by atoms with Crippen LogP contribution in [0.25, 0.3) is 0 Å². The summed E-state index contributed by atoms with van der Waals surface area (Å²) in [5.74, 6) is 1.03. The van der Waals surface area contributed by atoms with E-state index < -0.39 is 17.3 Å². The van der Waals surface area contributed by atoms with Crippen molar-refractivity contribution in [3.8, 4) is 5.75 Å². The number of carboxylic acids is 1. The highest BCUT2D eigenvalue weighted by atomic mass is 16.5. The van der Waals surface area contributed by atoms with Crippen LogP contribution in [0.1, 0.15) is 139 Å². The number of hydrogen-bond donors (Lipinski definition) is 2. The summed E-state index contributed by atoms with van der Waals surface area (Å²) in [5.41, 5.74) is 3.49. The fourth-order valence-electron chi connectivity index (χ4n) is 14.7. The number of methoxy groups -OCH3 is 1. The smallest absolute Gasteiger partial charge is 0.309 e. The van der Waals surface area contributed by atoms with Crippen LogP contribution >= 0.6 is 0 Å². The summed E-state index contributed by atoms with van der Waals surface area (Å²) in [6.07, 6.45) is 10.6. The van der Waals surface area contributed by atoms with Crippen LogP contribution in [0.2, 0.25) is 0 Å². The molecule has 1 aromatic carbocycles. The predicted molar refractivity (Wildman–Crippen MR) is 222 cm³/mol. The number of carbonyl (C=O) groups excluding carboxylic acids is 2. The Morgan fingerprint density at radius 2 is 1.56 bits per heavy atom. The van der Waals surface area contributed by atoms with Crippen LogP contribution in [0, 0.1) is 68.0 Å². The third-order valence-electron chi connectivity index (χ3n) is 18.2. The molecule has 0 aromatic heterocycles. The van der Waals surface area contributed by atoms with Crippen LogP contribution in [0.15, 0.2) is 35.4 Å². The number of rotatable bonds is 13. The standard InChI is InChI=1S/C49H73NO7/c1-30(2)40-36(51)28-49(23-24-50-29-31-11-13-32(14-12-31)56-26-25-55-10)22-21-47(8)33(41(40)49)15-16-38-46(7)19-18-39(45(5,6)37(46)17-20-48(38,47)9)57-43(54)35-27-34(42(52)53)44(35,3)4/h11-14,30,33-35,37-39,50H,15-29H2,1-10H3,(H,52,53)/t33-,34+,35-,37+,38-,39+,46+,47-,48-,49-/m1/s1. The third-order valence-corrected chi connectivity index (χ3v) is 18.2. The number of aliphatic carboxylic acids is 1. The molecule has 6 aliphatic carbocycles. The molecule has 2 N–H and O–H groups in total. The van der Waals surface area contributed by atoms with Gasteiger partial charge in [-0.1, -0.05) is 80.0 Å². The fraction of sp³-hybridized carbons (Fsp3) is 0.776. The molecule has 7 rings (SSSR count). The van der Waals surface area contributed by atoms with Crippen molar-refractivity contribution < 1.29 is 33.7 Å². The molecule has 0 bridgehead atoms. The third kappa shape index (κ3) is 6.73. The van der Waals surface area contributed by atoms with E-state index in [0.717, 1.165) is 75.8 Å². The summed E-state index contributed by atoms with van der Waals surface area (Å²) >= 11 is 0. The van der Waals surface area contributed by atoms with Gasteiger partial charge in [0.25, 0.3) is 0 Å². The Morgan fingerprint density at radius 1 is 0.842 bits per heavy atom. The van der Waals surface area contributed by atoms with E-state index in [1.807, 2.05) is 26.0 Å². The maximum Gasteiger partial charge on any atom is 0.309 e. The van der Waals surface area contributed by atoms with Gasteiger partial charge >= 0.3 is 11.9 Å². The lowest BCUT2D eigenvalue weighted by Gasteiger charge is -2.72. The minimum Gasteiger partial charge on any atom is -0.491 e. The normalized spacial score (nSPS) is 39.0. The van der Waals surface area contributed by atoms with Gasteiger partial charge in [0, 0.05) is 30.9 Å². The van der Waals surface area contributed by atoms with E-state index in [9.17, 15) is 19.5 Å². The number of ketones is 1. The van der Waals surface area contributed by atoms with Crippen molar-refractivity contribution in [3.05, 3.63) is 41.0 Å². The summed E-state index contributed by atoms with van der Waals surface area (Å²) in [6.45, 7) is 23.6. The first-order valence-corrected chi connectivity index (χ1v) is 22.4. The molecule has 1 aromatic rings. The number of allylic oxidation sites excluding steroid dienone is 2. The number of carboxylic acid groups (broad SMARTS) is 1. The van der Waals surface area contributed by atoms with E-state index in [-0.39, 0.29) is 51.0 Å². The Morgan fingerprint density at radius 3 is 2.21 bits per heavy atom. The number of Topliss-reactive ketones (excluding diaryl/α,β-unsaturated/α-hetero) is 1. The quantitative estimate of drug-likeness (QED) is 0.150. The molecule has 0 spiro atoms. The van der Waals surface area contributed by atoms with Gasteiger partial charge in [-0.3, -0.25) is 14.4 Å². The van der Waals surface area contributed by atoms with E-state index in [1.165, 1.54) is 12.0 Å². The Labute approximate surface area is 343 Å². The molecule has 8 heteroatoms. The van der Waals surface area contributed by atoms with Crippen molar-refractivity contribution in [1.82, 2.24) is 5.32 Å². The van der Waals surface area contributed by atoms with Gasteiger partial charge in [-0.15, -0.1) is 0 Å². The zero-order valence-electron chi connectivity index (χ0n) is 36.9. The second-order valence-corrected chi connectivity index (χ2v) is 21.7. The lowest BCUT2D eigenvalue weighted by molar-refractivity contribution is -0.236. The number of nitrogens with one attached hydrogen (secondary N) is 1. The van der Waals surface area contributed by atoms with E-state index in [2.05, 4.69) is 65.9 Å². The molecule has 0 heterocycles. The molecule has 0 saturated heterocycles. The van der Waals surface area contributed by atoms with Gasteiger partial charge in [0.1, 0.15) is 18.5 Å². The first-order chi connectivity index (χ1) is 26.8. The maximum absolute atomic E-state index is 14.1. The Bertz CT molecular complexity index is 1750.